The quantitative estimate of drug-likeness (QED) is 0.884. The number of carbonyl (C=O) groups is 2. The standard InChI is InChI=1S/C16H17ClN4O2S/c1-20-7-6-18-15(20)14(11-2-4-12(17)5-3-11)19-13(22)10-21-8-9-24-16(21)23/h2-7,14H,8-10H2,1H3,(H,19,22)/t14-/m0/s1. The lowest BCUT2D eigenvalue weighted by molar-refractivity contribution is -0.122. The summed E-state index contributed by atoms with van der Waals surface area (Å²) < 4.78 is 1.86. The van der Waals surface area contributed by atoms with E-state index in [2.05, 4.69) is 10.3 Å². The zero-order chi connectivity index (χ0) is 17.1. The number of nitrogens with one attached hydrogen (secondary N) is 1. The van der Waals surface area contributed by atoms with Gasteiger partial charge in [-0.2, -0.15) is 0 Å². The molecule has 2 aromatic rings. The number of amides is 2. The first-order valence-electron chi connectivity index (χ1n) is 7.48. The van der Waals surface area contributed by atoms with Crippen LogP contribution in [0.1, 0.15) is 17.4 Å². The molecule has 1 N–H and O–H groups in total. The first-order chi connectivity index (χ1) is 11.5. The van der Waals surface area contributed by atoms with Gasteiger partial charge in [-0.3, -0.25) is 9.59 Å². The van der Waals surface area contributed by atoms with Gasteiger partial charge in [-0.05, 0) is 17.7 Å². The van der Waals surface area contributed by atoms with Gasteiger partial charge in [-0.25, -0.2) is 4.98 Å². The monoisotopic (exact) mass is 364 g/mol. The Labute approximate surface area is 149 Å². The van der Waals surface area contributed by atoms with Crippen molar-refractivity contribution in [2.24, 2.45) is 7.05 Å². The highest BCUT2D eigenvalue weighted by molar-refractivity contribution is 8.13. The van der Waals surface area contributed by atoms with Crippen molar-refractivity contribution in [1.82, 2.24) is 19.8 Å². The van der Waals surface area contributed by atoms with Crippen LogP contribution in [0.3, 0.4) is 0 Å². The number of imidazole rings is 1. The van der Waals surface area contributed by atoms with Gasteiger partial charge in [0.2, 0.25) is 5.91 Å². The number of thioether (sulfide) groups is 1. The average Bonchev–Trinajstić information content (AvgIpc) is 3.15. The Balaban J connectivity index is 1.80. The lowest BCUT2D eigenvalue weighted by Crippen LogP contribution is -2.39. The van der Waals surface area contributed by atoms with Crippen LogP contribution in [0, 0.1) is 0 Å². The van der Waals surface area contributed by atoms with E-state index in [4.69, 9.17) is 11.6 Å². The number of aryl methyl sites for hydroxylation is 1. The van der Waals surface area contributed by atoms with Crippen LogP contribution < -0.4 is 5.32 Å². The molecular weight excluding hydrogens is 348 g/mol. The van der Waals surface area contributed by atoms with Crippen molar-refractivity contribution in [3.05, 3.63) is 53.1 Å². The number of carbonyl (C=O) groups excluding carboxylic acids is 2. The van der Waals surface area contributed by atoms with E-state index in [1.807, 2.05) is 29.9 Å². The van der Waals surface area contributed by atoms with Gasteiger partial charge in [0.15, 0.2) is 0 Å². The zero-order valence-electron chi connectivity index (χ0n) is 13.1. The normalized spacial score (nSPS) is 15.6. The van der Waals surface area contributed by atoms with Gasteiger partial charge in [0.25, 0.3) is 5.24 Å². The fourth-order valence-corrected chi connectivity index (χ4v) is 3.51. The van der Waals surface area contributed by atoms with E-state index in [0.717, 1.165) is 11.3 Å². The summed E-state index contributed by atoms with van der Waals surface area (Å²) in [6.45, 7) is 0.658. The number of hydrogen-bond donors (Lipinski definition) is 1. The summed E-state index contributed by atoms with van der Waals surface area (Å²) in [6.07, 6.45) is 3.51. The van der Waals surface area contributed by atoms with Gasteiger partial charge in [0, 0.05) is 36.8 Å². The van der Waals surface area contributed by atoms with E-state index in [1.54, 1.807) is 23.2 Å². The number of benzene rings is 1. The van der Waals surface area contributed by atoms with Crippen molar-refractivity contribution < 1.29 is 9.59 Å². The summed E-state index contributed by atoms with van der Waals surface area (Å²) in [5.41, 5.74) is 0.879. The van der Waals surface area contributed by atoms with Crippen molar-refractivity contribution >= 4 is 34.5 Å². The molecule has 6 nitrogen and oxygen atoms in total. The minimum atomic E-state index is -0.403. The Morgan fingerprint density at radius 3 is 2.75 bits per heavy atom. The molecule has 126 valence electrons. The minimum Gasteiger partial charge on any atom is -0.341 e. The number of hydrogen-bond acceptors (Lipinski definition) is 4. The van der Waals surface area contributed by atoms with E-state index in [1.165, 1.54) is 11.8 Å². The second-order valence-electron chi connectivity index (χ2n) is 5.48. The molecule has 1 aromatic carbocycles. The van der Waals surface area contributed by atoms with Gasteiger partial charge in [0.1, 0.15) is 18.4 Å². The van der Waals surface area contributed by atoms with E-state index in [0.29, 0.717) is 17.4 Å². The Morgan fingerprint density at radius 2 is 2.17 bits per heavy atom. The fraction of sp³-hybridized carbons (Fsp3) is 0.312. The number of rotatable bonds is 5. The molecule has 2 amide bonds. The summed E-state index contributed by atoms with van der Waals surface area (Å²) in [4.78, 5) is 30.0. The summed E-state index contributed by atoms with van der Waals surface area (Å²) in [5.74, 6) is 1.23. The summed E-state index contributed by atoms with van der Waals surface area (Å²) in [7, 11) is 1.87. The van der Waals surface area contributed by atoms with Crippen molar-refractivity contribution in [3.63, 3.8) is 0 Å². The molecular formula is C16H17ClN4O2S. The molecule has 24 heavy (non-hydrogen) atoms. The molecule has 0 unspecified atom stereocenters. The highest BCUT2D eigenvalue weighted by Crippen LogP contribution is 2.23. The SMILES string of the molecule is Cn1ccnc1[C@@H](NC(=O)CN1CCSC1=O)c1ccc(Cl)cc1. The Kier molecular flexibility index (Phi) is 5.11. The predicted molar refractivity (Wildman–Crippen MR) is 94.1 cm³/mol. The fourth-order valence-electron chi connectivity index (χ4n) is 2.56. The number of nitrogens with zero attached hydrogens (tertiary/aromatic N) is 3. The second kappa shape index (κ2) is 7.27. The molecule has 2 heterocycles. The lowest BCUT2D eigenvalue weighted by Gasteiger charge is -2.21. The lowest BCUT2D eigenvalue weighted by atomic mass is 10.1. The van der Waals surface area contributed by atoms with Crippen molar-refractivity contribution in [3.8, 4) is 0 Å². The third-order valence-corrected chi connectivity index (χ3v) is 4.95. The van der Waals surface area contributed by atoms with Gasteiger partial charge >= 0.3 is 0 Å². The first kappa shape index (κ1) is 16.9. The van der Waals surface area contributed by atoms with Gasteiger partial charge in [-0.15, -0.1) is 0 Å². The smallest absolute Gasteiger partial charge is 0.282 e. The van der Waals surface area contributed by atoms with Crippen LogP contribution in [0.4, 0.5) is 4.79 Å². The molecule has 0 spiro atoms. The molecule has 1 aliphatic rings. The molecule has 1 fully saturated rings. The van der Waals surface area contributed by atoms with Crippen LogP contribution in [0.2, 0.25) is 5.02 Å². The summed E-state index contributed by atoms with van der Waals surface area (Å²) in [5, 5.41) is 3.55. The largest absolute Gasteiger partial charge is 0.341 e. The average molecular weight is 365 g/mol. The molecule has 0 radical (unpaired) electrons. The van der Waals surface area contributed by atoms with Crippen molar-refractivity contribution in [2.75, 3.05) is 18.8 Å². The first-order valence-corrected chi connectivity index (χ1v) is 8.84. The molecule has 1 aromatic heterocycles. The second-order valence-corrected chi connectivity index (χ2v) is 6.97. The van der Waals surface area contributed by atoms with Crippen LogP contribution >= 0.6 is 23.4 Å². The molecule has 0 saturated carbocycles. The number of halogens is 1. The van der Waals surface area contributed by atoms with Crippen LogP contribution in [-0.2, 0) is 11.8 Å². The maximum atomic E-state index is 12.4. The van der Waals surface area contributed by atoms with Crippen molar-refractivity contribution in [1.29, 1.82) is 0 Å². The van der Waals surface area contributed by atoms with Crippen LogP contribution in [0.5, 0.6) is 0 Å². The van der Waals surface area contributed by atoms with Crippen LogP contribution in [0.15, 0.2) is 36.7 Å². The highest BCUT2D eigenvalue weighted by Gasteiger charge is 2.26. The Morgan fingerprint density at radius 1 is 1.42 bits per heavy atom. The van der Waals surface area contributed by atoms with E-state index >= 15 is 0 Å². The molecule has 1 aliphatic heterocycles. The molecule has 1 saturated heterocycles. The Hall–Kier alpha value is -1.99. The van der Waals surface area contributed by atoms with Gasteiger partial charge in [-0.1, -0.05) is 35.5 Å². The zero-order valence-corrected chi connectivity index (χ0v) is 14.7. The molecule has 8 heteroatoms. The molecule has 0 aliphatic carbocycles. The van der Waals surface area contributed by atoms with E-state index in [-0.39, 0.29) is 17.7 Å². The van der Waals surface area contributed by atoms with Gasteiger partial charge < -0.3 is 14.8 Å². The predicted octanol–water partition coefficient (Wildman–Crippen LogP) is 2.45. The summed E-state index contributed by atoms with van der Waals surface area (Å²) >= 11 is 7.19. The van der Waals surface area contributed by atoms with E-state index < -0.39 is 6.04 Å². The molecule has 1 atom stereocenters. The topological polar surface area (TPSA) is 67.2 Å². The maximum Gasteiger partial charge on any atom is 0.282 e. The summed E-state index contributed by atoms with van der Waals surface area (Å²) in [6, 6.07) is 6.87. The third-order valence-electron chi connectivity index (χ3n) is 3.80. The van der Waals surface area contributed by atoms with E-state index in [9.17, 15) is 9.59 Å². The highest BCUT2D eigenvalue weighted by atomic mass is 35.5. The third kappa shape index (κ3) is 3.73. The maximum absolute atomic E-state index is 12.4. The molecule has 0 bridgehead atoms. The van der Waals surface area contributed by atoms with Crippen LogP contribution in [0.25, 0.3) is 0 Å². The van der Waals surface area contributed by atoms with Crippen LogP contribution in [-0.4, -0.2) is 44.4 Å². The Bertz CT molecular complexity index is 747. The number of aromatic nitrogens is 2. The van der Waals surface area contributed by atoms with Crippen molar-refractivity contribution in [2.45, 2.75) is 6.04 Å². The minimum absolute atomic E-state index is 0.0508. The molecule has 3 rings (SSSR count). The van der Waals surface area contributed by atoms with Gasteiger partial charge in [0.05, 0.1) is 0 Å².